The van der Waals surface area contributed by atoms with Gasteiger partial charge in [-0.2, -0.15) is 0 Å². The highest BCUT2D eigenvalue weighted by molar-refractivity contribution is 5.92. The Morgan fingerprint density at radius 1 is 1.11 bits per heavy atom. The number of nitrogens with zero attached hydrogens (tertiary/aromatic N) is 1. The van der Waals surface area contributed by atoms with E-state index in [1.807, 2.05) is 31.2 Å². The van der Waals surface area contributed by atoms with E-state index < -0.39 is 0 Å². The van der Waals surface area contributed by atoms with Crippen molar-refractivity contribution >= 4 is 11.6 Å². The van der Waals surface area contributed by atoms with Crippen molar-refractivity contribution in [2.75, 3.05) is 25.0 Å². The molecule has 0 aliphatic carbocycles. The fraction of sp³-hybridized carbons (Fsp3) is 0.562. The quantitative estimate of drug-likeness (QED) is 0.905. The molecular formula is C16H24N2O. The van der Waals surface area contributed by atoms with Crippen molar-refractivity contribution in [2.24, 2.45) is 0 Å². The lowest BCUT2D eigenvalue weighted by Crippen LogP contribution is -2.35. The zero-order chi connectivity index (χ0) is 13.5. The van der Waals surface area contributed by atoms with Gasteiger partial charge < -0.3 is 5.32 Å². The Morgan fingerprint density at radius 3 is 2.42 bits per heavy atom. The van der Waals surface area contributed by atoms with Gasteiger partial charge in [0.1, 0.15) is 0 Å². The molecule has 1 saturated heterocycles. The summed E-state index contributed by atoms with van der Waals surface area (Å²) >= 11 is 0. The summed E-state index contributed by atoms with van der Waals surface area (Å²) in [6.45, 7) is 4.66. The molecule has 1 heterocycles. The van der Waals surface area contributed by atoms with Crippen LogP contribution in [0.5, 0.6) is 0 Å². The van der Waals surface area contributed by atoms with Crippen molar-refractivity contribution in [3.8, 4) is 0 Å². The standard InChI is InChI=1S/C16H24N2O/c1-14-9-5-6-10-15(14)17-16(19)13-18-11-7-3-2-4-8-12-18/h5-6,9-10H,2-4,7-8,11-13H2,1H3,(H,17,19). The number of nitrogens with one attached hydrogen (secondary N) is 1. The van der Waals surface area contributed by atoms with Crippen LogP contribution < -0.4 is 5.32 Å². The van der Waals surface area contributed by atoms with Gasteiger partial charge in [0.25, 0.3) is 0 Å². The van der Waals surface area contributed by atoms with E-state index in [4.69, 9.17) is 0 Å². The first-order valence-electron chi connectivity index (χ1n) is 7.33. The third-order valence-electron chi connectivity index (χ3n) is 3.74. The zero-order valence-corrected chi connectivity index (χ0v) is 11.8. The van der Waals surface area contributed by atoms with Crippen LogP contribution >= 0.6 is 0 Å². The molecule has 19 heavy (non-hydrogen) atoms. The molecule has 0 unspecified atom stereocenters. The number of rotatable bonds is 3. The summed E-state index contributed by atoms with van der Waals surface area (Å²) in [6.07, 6.45) is 6.39. The highest BCUT2D eigenvalue weighted by Crippen LogP contribution is 2.14. The second-order valence-electron chi connectivity index (χ2n) is 5.41. The molecule has 1 fully saturated rings. The van der Waals surface area contributed by atoms with E-state index in [-0.39, 0.29) is 5.91 Å². The number of carbonyl (C=O) groups excluding carboxylic acids is 1. The second-order valence-corrected chi connectivity index (χ2v) is 5.41. The summed E-state index contributed by atoms with van der Waals surface area (Å²) in [5, 5.41) is 3.01. The summed E-state index contributed by atoms with van der Waals surface area (Å²) < 4.78 is 0. The molecule has 1 amide bonds. The molecule has 3 heteroatoms. The Labute approximate surface area is 116 Å². The van der Waals surface area contributed by atoms with E-state index in [0.717, 1.165) is 24.3 Å². The third kappa shape index (κ3) is 4.67. The first-order chi connectivity index (χ1) is 9.25. The first kappa shape index (κ1) is 14.1. The number of para-hydroxylation sites is 1. The van der Waals surface area contributed by atoms with Gasteiger partial charge in [-0.25, -0.2) is 0 Å². The Kier molecular flexibility index (Phi) is 5.40. The number of hydrogen-bond acceptors (Lipinski definition) is 2. The van der Waals surface area contributed by atoms with Crippen LogP contribution in [-0.2, 0) is 4.79 Å². The van der Waals surface area contributed by atoms with E-state index in [9.17, 15) is 4.79 Å². The molecule has 1 aliphatic rings. The molecule has 3 nitrogen and oxygen atoms in total. The topological polar surface area (TPSA) is 32.3 Å². The highest BCUT2D eigenvalue weighted by atomic mass is 16.2. The fourth-order valence-electron chi connectivity index (χ4n) is 2.58. The molecule has 1 aliphatic heterocycles. The predicted octanol–water partition coefficient (Wildman–Crippen LogP) is 3.20. The molecule has 1 N–H and O–H groups in total. The molecule has 0 spiro atoms. The largest absolute Gasteiger partial charge is 0.325 e. The smallest absolute Gasteiger partial charge is 0.238 e. The molecule has 0 atom stereocenters. The van der Waals surface area contributed by atoms with Gasteiger partial charge >= 0.3 is 0 Å². The molecule has 0 saturated carbocycles. The van der Waals surface area contributed by atoms with Crippen LogP contribution in [0.4, 0.5) is 5.69 Å². The van der Waals surface area contributed by atoms with Gasteiger partial charge in [-0.1, -0.05) is 37.5 Å². The van der Waals surface area contributed by atoms with Crippen molar-refractivity contribution in [3.63, 3.8) is 0 Å². The number of carbonyl (C=O) groups is 1. The molecule has 2 rings (SSSR count). The van der Waals surface area contributed by atoms with Gasteiger partial charge in [-0.05, 0) is 44.5 Å². The van der Waals surface area contributed by atoms with Gasteiger partial charge in [-0.15, -0.1) is 0 Å². The maximum atomic E-state index is 12.1. The van der Waals surface area contributed by atoms with Crippen LogP contribution in [0.15, 0.2) is 24.3 Å². The van der Waals surface area contributed by atoms with Gasteiger partial charge in [0, 0.05) is 5.69 Å². The van der Waals surface area contributed by atoms with Crippen molar-refractivity contribution in [3.05, 3.63) is 29.8 Å². The number of hydrogen-bond donors (Lipinski definition) is 1. The lowest BCUT2D eigenvalue weighted by atomic mass is 10.1. The molecular weight excluding hydrogens is 236 g/mol. The van der Waals surface area contributed by atoms with Crippen LogP contribution in [0.2, 0.25) is 0 Å². The van der Waals surface area contributed by atoms with Gasteiger partial charge in [0.05, 0.1) is 6.54 Å². The number of aryl methyl sites for hydroxylation is 1. The maximum absolute atomic E-state index is 12.1. The Balaban J connectivity index is 1.84. The zero-order valence-electron chi connectivity index (χ0n) is 11.8. The van der Waals surface area contributed by atoms with Crippen LogP contribution in [-0.4, -0.2) is 30.4 Å². The van der Waals surface area contributed by atoms with E-state index in [1.165, 1.54) is 32.1 Å². The van der Waals surface area contributed by atoms with Crippen molar-refractivity contribution < 1.29 is 4.79 Å². The third-order valence-corrected chi connectivity index (χ3v) is 3.74. The van der Waals surface area contributed by atoms with E-state index in [0.29, 0.717) is 6.54 Å². The summed E-state index contributed by atoms with van der Waals surface area (Å²) in [6, 6.07) is 7.93. The average molecular weight is 260 g/mol. The van der Waals surface area contributed by atoms with Crippen LogP contribution in [0, 0.1) is 6.92 Å². The first-order valence-corrected chi connectivity index (χ1v) is 7.33. The average Bonchev–Trinajstić information content (AvgIpc) is 2.35. The molecule has 0 bridgehead atoms. The van der Waals surface area contributed by atoms with E-state index >= 15 is 0 Å². The Morgan fingerprint density at radius 2 is 1.74 bits per heavy atom. The minimum Gasteiger partial charge on any atom is -0.325 e. The summed E-state index contributed by atoms with van der Waals surface area (Å²) in [5.41, 5.74) is 2.04. The summed E-state index contributed by atoms with van der Waals surface area (Å²) in [5.74, 6) is 0.106. The summed E-state index contributed by atoms with van der Waals surface area (Å²) in [4.78, 5) is 14.4. The Hall–Kier alpha value is -1.35. The SMILES string of the molecule is Cc1ccccc1NC(=O)CN1CCCCCCC1. The lowest BCUT2D eigenvalue weighted by molar-refractivity contribution is -0.117. The van der Waals surface area contributed by atoms with Crippen LogP contribution in [0.1, 0.15) is 37.7 Å². The normalized spacial score (nSPS) is 17.5. The van der Waals surface area contributed by atoms with Gasteiger partial charge in [0.15, 0.2) is 0 Å². The van der Waals surface area contributed by atoms with Crippen molar-refractivity contribution in [2.45, 2.75) is 39.0 Å². The van der Waals surface area contributed by atoms with Crippen molar-refractivity contribution in [1.29, 1.82) is 0 Å². The second kappa shape index (κ2) is 7.29. The Bertz CT molecular complexity index is 409. The van der Waals surface area contributed by atoms with Crippen LogP contribution in [0.3, 0.4) is 0 Å². The highest BCUT2D eigenvalue weighted by Gasteiger charge is 2.12. The van der Waals surface area contributed by atoms with Gasteiger partial charge in [-0.3, -0.25) is 9.69 Å². The lowest BCUT2D eigenvalue weighted by Gasteiger charge is -2.23. The molecule has 1 aromatic rings. The monoisotopic (exact) mass is 260 g/mol. The molecule has 0 radical (unpaired) electrons. The summed E-state index contributed by atoms with van der Waals surface area (Å²) in [7, 11) is 0. The number of amides is 1. The number of anilines is 1. The molecule has 1 aromatic carbocycles. The predicted molar refractivity (Wildman–Crippen MR) is 79.3 cm³/mol. The van der Waals surface area contributed by atoms with E-state index in [1.54, 1.807) is 0 Å². The minimum atomic E-state index is 0.106. The maximum Gasteiger partial charge on any atom is 0.238 e. The molecule has 0 aromatic heterocycles. The fourth-order valence-corrected chi connectivity index (χ4v) is 2.58. The number of benzene rings is 1. The minimum absolute atomic E-state index is 0.106. The molecule has 104 valence electrons. The van der Waals surface area contributed by atoms with E-state index in [2.05, 4.69) is 10.2 Å². The number of likely N-dealkylation sites (tertiary alicyclic amines) is 1. The van der Waals surface area contributed by atoms with Gasteiger partial charge in [0.2, 0.25) is 5.91 Å². The van der Waals surface area contributed by atoms with Crippen LogP contribution in [0.25, 0.3) is 0 Å². The van der Waals surface area contributed by atoms with Crippen molar-refractivity contribution in [1.82, 2.24) is 4.90 Å².